The summed E-state index contributed by atoms with van der Waals surface area (Å²) in [5.41, 5.74) is 0.339. The fourth-order valence-electron chi connectivity index (χ4n) is 2.99. The summed E-state index contributed by atoms with van der Waals surface area (Å²) in [5, 5.41) is 11.3. The Labute approximate surface area is 152 Å². The number of amides is 1. The summed E-state index contributed by atoms with van der Waals surface area (Å²) in [6, 6.07) is 3.51. The molecule has 8 nitrogen and oxygen atoms in total. The molecule has 0 atom stereocenters. The Kier molecular flexibility index (Phi) is 4.12. The molecule has 0 aromatic carbocycles. The summed E-state index contributed by atoms with van der Waals surface area (Å²) in [6.07, 6.45) is 2.17. The molecule has 3 aromatic rings. The molecule has 9 heteroatoms. The number of furan rings is 1. The second-order valence-corrected chi connectivity index (χ2v) is 7.90. The summed E-state index contributed by atoms with van der Waals surface area (Å²) >= 11 is 1.43. The Hall–Kier alpha value is -2.52. The maximum absolute atomic E-state index is 12.9. The number of carbonyl (C=O) groups is 1. The minimum absolute atomic E-state index is 0.188. The van der Waals surface area contributed by atoms with Crippen molar-refractivity contribution < 1.29 is 13.9 Å². The largest absolute Gasteiger partial charge is 0.467 e. The molecule has 0 bridgehead atoms. The molecule has 0 fully saturated rings. The number of nitrogens with zero attached hydrogens (tertiary/aromatic N) is 3. The number of hydrogen-bond acceptors (Lipinski definition) is 7. The van der Waals surface area contributed by atoms with Gasteiger partial charge in [-0.3, -0.25) is 9.59 Å². The van der Waals surface area contributed by atoms with Gasteiger partial charge < -0.3 is 14.5 Å². The second kappa shape index (κ2) is 6.33. The molecule has 26 heavy (non-hydrogen) atoms. The van der Waals surface area contributed by atoms with Crippen LogP contribution in [0.2, 0.25) is 0 Å². The number of thiophene rings is 1. The van der Waals surface area contributed by atoms with Crippen LogP contribution in [0.4, 0.5) is 0 Å². The van der Waals surface area contributed by atoms with E-state index in [-0.39, 0.29) is 30.2 Å². The van der Waals surface area contributed by atoms with Crippen LogP contribution in [-0.4, -0.2) is 26.5 Å². The maximum atomic E-state index is 12.9. The van der Waals surface area contributed by atoms with Gasteiger partial charge in [-0.1, -0.05) is 5.21 Å². The Morgan fingerprint density at radius 1 is 1.46 bits per heavy atom. The minimum Gasteiger partial charge on any atom is -0.467 e. The molecule has 0 aliphatic carbocycles. The van der Waals surface area contributed by atoms with Gasteiger partial charge in [0.25, 0.3) is 5.56 Å². The third-order valence-electron chi connectivity index (χ3n) is 4.29. The van der Waals surface area contributed by atoms with E-state index in [1.54, 1.807) is 12.1 Å². The molecule has 4 rings (SSSR count). The Morgan fingerprint density at radius 2 is 2.31 bits per heavy atom. The highest BCUT2D eigenvalue weighted by molar-refractivity contribution is 7.18. The molecule has 4 heterocycles. The molecular formula is C17H18N4O4S. The van der Waals surface area contributed by atoms with Gasteiger partial charge >= 0.3 is 0 Å². The molecule has 1 aliphatic heterocycles. The van der Waals surface area contributed by atoms with Gasteiger partial charge in [0.15, 0.2) is 4.83 Å². The van der Waals surface area contributed by atoms with Crippen molar-refractivity contribution >= 4 is 27.5 Å². The van der Waals surface area contributed by atoms with Crippen molar-refractivity contribution in [1.82, 2.24) is 20.3 Å². The molecule has 0 spiro atoms. The zero-order chi connectivity index (χ0) is 18.3. The van der Waals surface area contributed by atoms with Gasteiger partial charge in [0.05, 0.1) is 30.4 Å². The van der Waals surface area contributed by atoms with E-state index in [1.807, 2.05) is 13.8 Å². The summed E-state index contributed by atoms with van der Waals surface area (Å²) in [5.74, 6) is 0.311. The SMILES string of the molecule is CC1(C)Cc2c(sc3nnn(CC(=O)NCc4ccco4)c(=O)c23)CO1. The summed E-state index contributed by atoms with van der Waals surface area (Å²) in [4.78, 5) is 26.6. The van der Waals surface area contributed by atoms with Gasteiger partial charge in [0.2, 0.25) is 5.91 Å². The zero-order valence-electron chi connectivity index (χ0n) is 14.4. The number of aromatic nitrogens is 3. The van der Waals surface area contributed by atoms with Gasteiger partial charge in [-0.05, 0) is 31.5 Å². The van der Waals surface area contributed by atoms with E-state index in [0.29, 0.717) is 29.0 Å². The van der Waals surface area contributed by atoms with Crippen molar-refractivity contribution in [1.29, 1.82) is 0 Å². The van der Waals surface area contributed by atoms with Crippen LogP contribution in [0.1, 0.15) is 30.0 Å². The fraction of sp³-hybridized carbons (Fsp3) is 0.412. The van der Waals surface area contributed by atoms with Crippen LogP contribution in [-0.2, 0) is 35.6 Å². The molecule has 136 valence electrons. The highest BCUT2D eigenvalue weighted by atomic mass is 32.1. The van der Waals surface area contributed by atoms with E-state index in [1.165, 1.54) is 17.6 Å². The molecule has 1 N–H and O–H groups in total. The lowest BCUT2D eigenvalue weighted by Crippen LogP contribution is -2.35. The van der Waals surface area contributed by atoms with Gasteiger partial charge in [0, 0.05) is 11.3 Å². The number of carbonyl (C=O) groups excluding carboxylic acids is 1. The summed E-state index contributed by atoms with van der Waals surface area (Å²) < 4.78 is 12.1. The Bertz CT molecular complexity index is 1020. The first kappa shape index (κ1) is 16.9. The zero-order valence-corrected chi connectivity index (χ0v) is 15.3. The van der Waals surface area contributed by atoms with Crippen LogP contribution in [0.15, 0.2) is 27.6 Å². The standard InChI is InChI=1S/C17H18N4O4S/c1-17(2)6-11-12(9-25-17)26-15-14(11)16(23)21(20-19-15)8-13(22)18-7-10-4-3-5-24-10/h3-5H,6-9H2,1-2H3,(H,18,22). The van der Waals surface area contributed by atoms with Crippen molar-refractivity contribution in [3.05, 3.63) is 45.0 Å². The van der Waals surface area contributed by atoms with E-state index in [9.17, 15) is 9.59 Å². The molecule has 1 amide bonds. The topological polar surface area (TPSA) is 99.3 Å². The van der Waals surface area contributed by atoms with E-state index in [0.717, 1.165) is 15.1 Å². The lowest BCUT2D eigenvalue weighted by atomic mass is 9.94. The number of rotatable bonds is 4. The summed E-state index contributed by atoms with van der Waals surface area (Å²) in [7, 11) is 0. The number of hydrogen-bond donors (Lipinski definition) is 1. The first-order valence-electron chi connectivity index (χ1n) is 8.24. The van der Waals surface area contributed by atoms with Crippen LogP contribution < -0.4 is 10.9 Å². The van der Waals surface area contributed by atoms with E-state index in [4.69, 9.17) is 9.15 Å². The third kappa shape index (κ3) is 3.15. The lowest BCUT2D eigenvalue weighted by molar-refractivity contribution is -0.122. The first-order chi connectivity index (χ1) is 12.4. The minimum atomic E-state index is -0.331. The molecule has 0 radical (unpaired) electrons. The average Bonchev–Trinajstić information content (AvgIpc) is 3.22. The molecule has 1 aliphatic rings. The summed E-state index contributed by atoms with van der Waals surface area (Å²) in [6.45, 7) is 4.53. The number of fused-ring (bicyclic) bond motifs is 3. The monoisotopic (exact) mass is 374 g/mol. The molecular weight excluding hydrogens is 356 g/mol. The van der Waals surface area contributed by atoms with Crippen molar-refractivity contribution in [2.45, 2.75) is 45.6 Å². The third-order valence-corrected chi connectivity index (χ3v) is 5.38. The molecule has 3 aromatic heterocycles. The van der Waals surface area contributed by atoms with Gasteiger partial charge in [-0.15, -0.1) is 16.4 Å². The van der Waals surface area contributed by atoms with Gasteiger partial charge in [-0.2, -0.15) is 0 Å². The van der Waals surface area contributed by atoms with Crippen molar-refractivity contribution in [3.8, 4) is 0 Å². The van der Waals surface area contributed by atoms with Gasteiger partial charge in [-0.25, -0.2) is 4.68 Å². The lowest BCUT2D eigenvalue weighted by Gasteiger charge is -2.29. The predicted molar refractivity (Wildman–Crippen MR) is 94.8 cm³/mol. The normalized spacial score (nSPS) is 15.8. The predicted octanol–water partition coefficient (Wildman–Crippen LogP) is 1.61. The first-order valence-corrected chi connectivity index (χ1v) is 9.06. The Balaban J connectivity index is 1.59. The number of ether oxygens (including phenoxy) is 1. The van der Waals surface area contributed by atoms with Crippen molar-refractivity contribution in [3.63, 3.8) is 0 Å². The Morgan fingerprint density at radius 3 is 3.08 bits per heavy atom. The smallest absolute Gasteiger partial charge is 0.279 e. The van der Waals surface area contributed by atoms with E-state index < -0.39 is 0 Å². The van der Waals surface area contributed by atoms with Crippen LogP contribution >= 0.6 is 11.3 Å². The molecule has 0 saturated carbocycles. The van der Waals surface area contributed by atoms with Crippen LogP contribution in [0.5, 0.6) is 0 Å². The molecule has 0 unspecified atom stereocenters. The van der Waals surface area contributed by atoms with E-state index >= 15 is 0 Å². The highest BCUT2D eigenvalue weighted by Crippen LogP contribution is 2.36. The quantitative estimate of drug-likeness (QED) is 0.745. The molecule has 0 saturated heterocycles. The van der Waals surface area contributed by atoms with E-state index in [2.05, 4.69) is 15.6 Å². The average molecular weight is 374 g/mol. The van der Waals surface area contributed by atoms with Crippen LogP contribution in [0.3, 0.4) is 0 Å². The fourth-order valence-corrected chi connectivity index (χ4v) is 4.03. The number of nitrogens with one attached hydrogen (secondary N) is 1. The van der Waals surface area contributed by atoms with Crippen molar-refractivity contribution in [2.75, 3.05) is 0 Å². The van der Waals surface area contributed by atoms with Gasteiger partial charge in [0.1, 0.15) is 12.3 Å². The van der Waals surface area contributed by atoms with Crippen LogP contribution in [0, 0.1) is 0 Å². The van der Waals surface area contributed by atoms with Crippen LogP contribution in [0.25, 0.3) is 10.2 Å². The van der Waals surface area contributed by atoms with Crippen molar-refractivity contribution in [2.24, 2.45) is 0 Å². The highest BCUT2D eigenvalue weighted by Gasteiger charge is 2.31. The second-order valence-electron chi connectivity index (χ2n) is 6.82. The maximum Gasteiger partial charge on any atom is 0.279 e.